The fourth-order valence-corrected chi connectivity index (χ4v) is 5.25. The van der Waals surface area contributed by atoms with Gasteiger partial charge in [-0.05, 0) is 43.1 Å². The fraction of sp³-hybridized carbons (Fsp3) is 0.429. The molecule has 0 unspecified atom stereocenters. The Kier molecular flexibility index (Phi) is 7.13. The third-order valence-electron chi connectivity index (χ3n) is 7.35. The van der Waals surface area contributed by atoms with Crippen LogP contribution in [-0.2, 0) is 4.79 Å². The van der Waals surface area contributed by atoms with Gasteiger partial charge in [0.1, 0.15) is 0 Å². The second kappa shape index (κ2) is 9.94. The lowest BCUT2D eigenvalue weighted by Gasteiger charge is -2.53. The first kappa shape index (κ1) is 25.1. The topological polar surface area (TPSA) is 85.0 Å². The molecule has 2 aromatic rings. The first-order chi connectivity index (χ1) is 16.6. The highest BCUT2D eigenvalue weighted by molar-refractivity contribution is 6.36. The molecule has 2 heterocycles. The minimum absolute atomic E-state index is 0.108. The third-order valence-corrected chi connectivity index (χ3v) is 7.70. The molecule has 1 saturated heterocycles. The lowest BCUT2D eigenvalue weighted by Crippen LogP contribution is -2.62. The number of anilines is 1. The van der Waals surface area contributed by atoms with Crippen LogP contribution < -0.4 is 5.73 Å². The van der Waals surface area contributed by atoms with Crippen molar-refractivity contribution in [3.63, 3.8) is 0 Å². The summed E-state index contributed by atoms with van der Waals surface area (Å²) in [4.78, 5) is 27.7. The number of carbonyl (C=O) groups excluding carboxylic acids is 1. The average molecular weight is 492 g/mol. The molecule has 1 aliphatic carbocycles. The monoisotopic (exact) mass is 491 g/mol. The Morgan fingerprint density at radius 3 is 2.51 bits per heavy atom. The van der Waals surface area contributed by atoms with E-state index in [2.05, 4.69) is 42.3 Å². The number of carbonyl (C=O) groups is 1. The van der Waals surface area contributed by atoms with Crippen molar-refractivity contribution in [3.05, 3.63) is 66.0 Å². The fourth-order valence-electron chi connectivity index (χ4n) is 5.10. The van der Waals surface area contributed by atoms with Crippen molar-refractivity contribution >= 4 is 29.0 Å². The summed E-state index contributed by atoms with van der Waals surface area (Å²) >= 11 is 6.46. The largest absolute Gasteiger partial charge is 0.368 e. The normalized spacial score (nSPS) is 23.1. The van der Waals surface area contributed by atoms with Gasteiger partial charge in [0.05, 0.1) is 10.4 Å². The van der Waals surface area contributed by atoms with E-state index >= 15 is 0 Å². The number of nitrogens with zero attached hydrogens (tertiary/aromatic N) is 4. The van der Waals surface area contributed by atoms with Crippen LogP contribution in [0.15, 0.2) is 60.2 Å². The highest BCUT2D eigenvalue weighted by Gasteiger charge is 2.53. The van der Waals surface area contributed by atoms with E-state index in [1.165, 1.54) is 0 Å². The molecule has 1 amide bonds. The van der Waals surface area contributed by atoms with Gasteiger partial charge >= 0.3 is 0 Å². The third kappa shape index (κ3) is 5.48. The Morgan fingerprint density at radius 2 is 1.89 bits per heavy atom. The van der Waals surface area contributed by atoms with Gasteiger partial charge in [-0.1, -0.05) is 81.4 Å². The second-order valence-electron chi connectivity index (χ2n) is 10.7. The second-order valence-corrected chi connectivity index (χ2v) is 11.1. The zero-order valence-corrected chi connectivity index (χ0v) is 21.6. The van der Waals surface area contributed by atoms with E-state index in [1.807, 2.05) is 47.4 Å². The molecule has 2 N–H and O–H groups in total. The number of aromatic nitrogens is 3. The molecule has 1 aliphatic heterocycles. The Balaban J connectivity index is 1.33. The SMILES string of the molecule is C=C(/C(Cl)=C\C=C\CN1CC2(CCC(C(C)(C)C)CC2)C1=O)c1nc(N)nc(-c2ccccc2)n1. The summed E-state index contributed by atoms with van der Waals surface area (Å²) in [5, 5.41) is 0.401. The summed E-state index contributed by atoms with van der Waals surface area (Å²) in [5.41, 5.74) is 7.39. The molecule has 0 atom stereocenters. The molecule has 184 valence electrons. The molecule has 1 aromatic heterocycles. The maximum atomic E-state index is 12.9. The predicted molar refractivity (Wildman–Crippen MR) is 142 cm³/mol. The van der Waals surface area contributed by atoms with Crippen LogP contribution >= 0.6 is 11.6 Å². The summed E-state index contributed by atoms with van der Waals surface area (Å²) in [6.45, 7) is 12.4. The van der Waals surface area contributed by atoms with Crippen LogP contribution in [0.4, 0.5) is 5.95 Å². The number of hydrogen-bond acceptors (Lipinski definition) is 5. The number of nitrogen functional groups attached to an aromatic ring is 1. The van der Waals surface area contributed by atoms with Crippen molar-refractivity contribution < 1.29 is 4.79 Å². The van der Waals surface area contributed by atoms with Crippen LogP contribution in [0.1, 0.15) is 52.3 Å². The number of hydrogen-bond donors (Lipinski definition) is 1. The molecule has 1 spiro atoms. The van der Waals surface area contributed by atoms with E-state index in [4.69, 9.17) is 17.3 Å². The number of β-lactam (4-membered cyclic amide) rings is 1. The van der Waals surface area contributed by atoms with Crippen LogP contribution in [-0.4, -0.2) is 38.8 Å². The molecule has 4 rings (SSSR count). The molecule has 1 aromatic carbocycles. The van der Waals surface area contributed by atoms with Gasteiger partial charge in [-0.2, -0.15) is 9.97 Å². The summed E-state index contributed by atoms with van der Waals surface area (Å²) in [7, 11) is 0. The van der Waals surface area contributed by atoms with E-state index in [0.717, 1.165) is 37.8 Å². The molecule has 7 heteroatoms. The molecular formula is C28H34ClN5O. The van der Waals surface area contributed by atoms with Gasteiger partial charge in [0, 0.05) is 24.2 Å². The van der Waals surface area contributed by atoms with Crippen molar-refractivity contribution in [2.45, 2.75) is 46.5 Å². The number of rotatable bonds is 6. The summed E-state index contributed by atoms with van der Waals surface area (Å²) < 4.78 is 0. The summed E-state index contributed by atoms with van der Waals surface area (Å²) in [5.74, 6) is 1.91. The van der Waals surface area contributed by atoms with Gasteiger partial charge in [-0.3, -0.25) is 4.79 Å². The Labute approximate surface area is 213 Å². The maximum absolute atomic E-state index is 12.9. The van der Waals surface area contributed by atoms with Gasteiger partial charge in [-0.25, -0.2) is 4.98 Å². The first-order valence-corrected chi connectivity index (χ1v) is 12.6. The molecule has 2 aliphatic rings. The molecule has 1 saturated carbocycles. The molecule has 0 radical (unpaired) electrons. The number of amides is 1. The number of benzene rings is 1. The molecule has 0 bridgehead atoms. The molecule has 6 nitrogen and oxygen atoms in total. The number of nitrogens with two attached hydrogens (primary N) is 1. The van der Waals surface area contributed by atoms with E-state index in [1.54, 1.807) is 6.08 Å². The van der Waals surface area contributed by atoms with E-state index in [9.17, 15) is 4.79 Å². The Morgan fingerprint density at radius 1 is 1.20 bits per heavy atom. The zero-order chi connectivity index (χ0) is 25.2. The standard InChI is InChI=1S/C28H34ClN5O/c1-19(23-31-24(33-26(30)32-23)20-10-6-5-7-11-20)22(29)12-8-9-17-34-18-28(25(34)35)15-13-21(14-16-28)27(2,3)4/h5-12,21H,1,13-18H2,2-4H3,(H2,30,31,32,33)/b9-8+,22-12+. The van der Waals surface area contributed by atoms with Gasteiger partial charge < -0.3 is 10.6 Å². The quantitative estimate of drug-likeness (QED) is 0.403. The van der Waals surface area contributed by atoms with Crippen LogP contribution in [0.2, 0.25) is 0 Å². The number of likely N-dealkylation sites (tertiary alicyclic amines) is 1. The van der Waals surface area contributed by atoms with Gasteiger partial charge in [0.2, 0.25) is 11.9 Å². The van der Waals surface area contributed by atoms with E-state index in [0.29, 0.717) is 46.0 Å². The highest BCUT2D eigenvalue weighted by Crippen LogP contribution is 2.50. The molecular weight excluding hydrogens is 458 g/mol. The van der Waals surface area contributed by atoms with Crippen LogP contribution in [0, 0.1) is 16.7 Å². The lowest BCUT2D eigenvalue weighted by atomic mass is 9.61. The highest BCUT2D eigenvalue weighted by atomic mass is 35.5. The number of allylic oxidation sites excluding steroid dienone is 4. The van der Waals surface area contributed by atoms with Crippen molar-refractivity contribution in [3.8, 4) is 11.4 Å². The van der Waals surface area contributed by atoms with Crippen LogP contribution in [0.25, 0.3) is 17.0 Å². The minimum atomic E-state index is -0.119. The summed E-state index contributed by atoms with van der Waals surface area (Å²) in [6, 6.07) is 9.54. The lowest BCUT2D eigenvalue weighted by molar-refractivity contribution is -0.164. The van der Waals surface area contributed by atoms with E-state index in [-0.39, 0.29) is 11.4 Å². The molecule has 35 heavy (non-hydrogen) atoms. The Bertz CT molecular complexity index is 1160. The van der Waals surface area contributed by atoms with Crippen LogP contribution in [0.3, 0.4) is 0 Å². The van der Waals surface area contributed by atoms with Gasteiger partial charge in [0.25, 0.3) is 0 Å². The van der Waals surface area contributed by atoms with Crippen molar-refractivity contribution in [2.24, 2.45) is 16.7 Å². The zero-order valence-electron chi connectivity index (χ0n) is 20.8. The first-order valence-electron chi connectivity index (χ1n) is 12.2. The summed E-state index contributed by atoms with van der Waals surface area (Å²) in [6.07, 6.45) is 9.84. The van der Waals surface area contributed by atoms with Gasteiger partial charge in [-0.15, -0.1) is 0 Å². The minimum Gasteiger partial charge on any atom is -0.368 e. The van der Waals surface area contributed by atoms with E-state index < -0.39 is 0 Å². The van der Waals surface area contributed by atoms with Crippen LogP contribution in [0.5, 0.6) is 0 Å². The molecule has 2 fully saturated rings. The Hall–Kier alpha value is -2.99. The van der Waals surface area contributed by atoms with Gasteiger partial charge in [0.15, 0.2) is 11.6 Å². The van der Waals surface area contributed by atoms with Crippen molar-refractivity contribution in [1.82, 2.24) is 19.9 Å². The maximum Gasteiger partial charge on any atom is 0.230 e. The predicted octanol–water partition coefficient (Wildman–Crippen LogP) is 5.88. The van der Waals surface area contributed by atoms with Crippen molar-refractivity contribution in [2.75, 3.05) is 18.8 Å². The average Bonchev–Trinajstić information content (AvgIpc) is 2.85. The van der Waals surface area contributed by atoms with Crippen molar-refractivity contribution in [1.29, 1.82) is 0 Å². The smallest absolute Gasteiger partial charge is 0.230 e. The number of halogens is 1.